The van der Waals surface area contributed by atoms with Crippen LogP contribution in [-0.2, 0) is 4.74 Å². The summed E-state index contributed by atoms with van der Waals surface area (Å²) in [5, 5.41) is 7.06. The molecule has 1 aromatic carbocycles. The third kappa shape index (κ3) is 3.90. The lowest BCUT2D eigenvalue weighted by Gasteiger charge is -2.23. The molecule has 0 bridgehead atoms. The molecule has 27 heavy (non-hydrogen) atoms. The van der Waals surface area contributed by atoms with Gasteiger partial charge in [-0.3, -0.25) is 0 Å². The number of methoxy groups -OCH3 is 1. The number of benzene rings is 1. The van der Waals surface area contributed by atoms with Crippen molar-refractivity contribution in [3.8, 4) is 17.1 Å². The van der Waals surface area contributed by atoms with Crippen molar-refractivity contribution in [3.05, 3.63) is 30.2 Å². The highest BCUT2D eigenvalue weighted by atomic mass is 16.5. The molecule has 2 aliphatic rings. The van der Waals surface area contributed by atoms with Gasteiger partial charge in [-0.2, -0.15) is 4.98 Å². The summed E-state index contributed by atoms with van der Waals surface area (Å²) in [6.07, 6.45) is 3.90. The number of aromatic nitrogens is 2. The first-order valence-electron chi connectivity index (χ1n) is 9.38. The van der Waals surface area contributed by atoms with Gasteiger partial charge in [0, 0.05) is 25.3 Å². The molecule has 2 unspecified atom stereocenters. The normalized spacial score (nSPS) is 22.2. The van der Waals surface area contributed by atoms with Crippen LogP contribution in [0.15, 0.2) is 28.8 Å². The molecule has 8 nitrogen and oxygen atoms in total. The highest BCUT2D eigenvalue weighted by Gasteiger charge is 2.34. The fraction of sp³-hybridized carbons (Fsp3) is 0.526. The fourth-order valence-corrected chi connectivity index (χ4v) is 3.62. The maximum absolute atomic E-state index is 12.6. The molecule has 0 spiro atoms. The summed E-state index contributed by atoms with van der Waals surface area (Å²) in [5.74, 6) is 1.70. The molecular formula is C19H24N4O4. The molecule has 1 N–H and O–H groups in total. The number of hydrogen-bond acceptors (Lipinski definition) is 6. The van der Waals surface area contributed by atoms with Crippen molar-refractivity contribution < 1.29 is 18.8 Å². The Morgan fingerprint density at radius 2 is 2.30 bits per heavy atom. The Morgan fingerprint density at radius 1 is 1.37 bits per heavy atom. The maximum atomic E-state index is 12.6. The Balaban J connectivity index is 1.44. The lowest BCUT2D eigenvalue weighted by molar-refractivity contribution is 0.108. The van der Waals surface area contributed by atoms with Gasteiger partial charge < -0.3 is 24.2 Å². The molecule has 0 radical (unpaired) electrons. The van der Waals surface area contributed by atoms with Crippen LogP contribution in [0.2, 0.25) is 0 Å². The van der Waals surface area contributed by atoms with Crippen LogP contribution < -0.4 is 10.1 Å². The molecule has 4 rings (SSSR count). The van der Waals surface area contributed by atoms with Gasteiger partial charge in [-0.05, 0) is 37.8 Å². The summed E-state index contributed by atoms with van der Waals surface area (Å²) in [4.78, 5) is 18.9. The molecule has 2 saturated heterocycles. The lowest BCUT2D eigenvalue weighted by Crippen LogP contribution is -2.42. The predicted octanol–water partition coefficient (Wildman–Crippen LogP) is 2.77. The van der Waals surface area contributed by atoms with Crippen molar-refractivity contribution in [2.24, 2.45) is 0 Å². The lowest BCUT2D eigenvalue weighted by atomic mass is 10.2. The topological polar surface area (TPSA) is 89.7 Å². The molecule has 2 aliphatic heterocycles. The van der Waals surface area contributed by atoms with Crippen molar-refractivity contribution in [1.29, 1.82) is 0 Å². The van der Waals surface area contributed by atoms with Gasteiger partial charge in [-0.1, -0.05) is 17.3 Å². The minimum atomic E-state index is -0.193. The van der Waals surface area contributed by atoms with Crippen LogP contribution in [0.1, 0.15) is 37.6 Å². The van der Waals surface area contributed by atoms with Crippen LogP contribution >= 0.6 is 0 Å². The predicted molar refractivity (Wildman–Crippen MR) is 97.3 cm³/mol. The van der Waals surface area contributed by atoms with E-state index in [0.717, 1.165) is 43.6 Å². The van der Waals surface area contributed by atoms with E-state index in [1.54, 1.807) is 12.0 Å². The first-order chi connectivity index (χ1) is 13.2. The molecule has 2 aromatic rings. The first kappa shape index (κ1) is 17.8. The summed E-state index contributed by atoms with van der Waals surface area (Å²) < 4.78 is 16.3. The standard InChI is InChI=1S/C19H24N4O4/c1-25-14-6-2-5-13(11-14)17-21-18(27-22-17)16-8-3-9-23(16)19(24)20-12-15-7-4-10-26-15/h2,5-6,11,15-16H,3-4,7-10,12H2,1H3,(H,20,24). The Labute approximate surface area is 157 Å². The monoisotopic (exact) mass is 372 g/mol. The maximum Gasteiger partial charge on any atom is 0.318 e. The van der Waals surface area contributed by atoms with Crippen molar-refractivity contribution in [2.45, 2.75) is 37.8 Å². The van der Waals surface area contributed by atoms with Crippen molar-refractivity contribution in [1.82, 2.24) is 20.4 Å². The SMILES string of the molecule is COc1cccc(-c2noc(C3CCCN3C(=O)NCC3CCCO3)n2)c1. The Bertz CT molecular complexity index is 788. The number of rotatable bonds is 5. The molecule has 8 heteroatoms. The molecule has 2 amide bonds. The summed E-state index contributed by atoms with van der Waals surface area (Å²) >= 11 is 0. The quantitative estimate of drug-likeness (QED) is 0.868. The van der Waals surface area contributed by atoms with Gasteiger partial charge in [0.2, 0.25) is 11.7 Å². The van der Waals surface area contributed by atoms with E-state index in [2.05, 4.69) is 15.5 Å². The van der Waals surface area contributed by atoms with Crippen LogP contribution in [0.3, 0.4) is 0 Å². The van der Waals surface area contributed by atoms with Crippen molar-refractivity contribution in [3.63, 3.8) is 0 Å². The van der Waals surface area contributed by atoms with E-state index < -0.39 is 0 Å². The van der Waals surface area contributed by atoms with E-state index in [1.807, 2.05) is 24.3 Å². The van der Waals surface area contributed by atoms with E-state index in [4.69, 9.17) is 14.0 Å². The summed E-state index contributed by atoms with van der Waals surface area (Å²) in [6.45, 7) is 2.00. The second-order valence-corrected chi connectivity index (χ2v) is 6.86. The summed E-state index contributed by atoms with van der Waals surface area (Å²) in [5.41, 5.74) is 0.816. The zero-order valence-electron chi connectivity index (χ0n) is 15.4. The minimum absolute atomic E-state index is 0.103. The van der Waals surface area contributed by atoms with Crippen LogP contribution in [0.4, 0.5) is 4.79 Å². The molecule has 0 saturated carbocycles. The summed E-state index contributed by atoms with van der Waals surface area (Å²) in [7, 11) is 1.62. The molecule has 3 heterocycles. The number of hydrogen-bond donors (Lipinski definition) is 1. The number of ether oxygens (including phenoxy) is 2. The average molecular weight is 372 g/mol. The largest absolute Gasteiger partial charge is 0.497 e. The van der Waals surface area contributed by atoms with Gasteiger partial charge in [0.1, 0.15) is 11.8 Å². The second kappa shape index (κ2) is 7.96. The molecule has 144 valence electrons. The van der Waals surface area contributed by atoms with Gasteiger partial charge in [0.25, 0.3) is 0 Å². The molecule has 1 aromatic heterocycles. The number of likely N-dealkylation sites (tertiary alicyclic amines) is 1. The average Bonchev–Trinajstić information content (AvgIpc) is 3.47. The van der Waals surface area contributed by atoms with E-state index in [0.29, 0.717) is 24.8 Å². The zero-order chi connectivity index (χ0) is 18.6. The number of nitrogens with zero attached hydrogens (tertiary/aromatic N) is 3. The van der Waals surface area contributed by atoms with Crippen molar-refractivity contribution >= 4 is 6.03 Å². The number of nitrogens with one attached hydrogen (secondary N) is 1. The zero-order valence-corrected chi connectivity index (χ0v) is 15.4. The van der Waals surface area contributed by atoms with Gasteiger partial charge >= 0.3 is 6.03 Å². The highest BCUT2D eigenvalue weighted by molar-refractivity contribution is 5.75. The van der Waals surface area contributed by atoms with E-state index >= 15 is 0 Å². The number of amides is 2. The van der Waals surface area contributed by atoms with Crippen LogP contribution in [0.5, 0.6) is 5.75 Å². The molecular weight excluding hydrogens is 348 g/mol. The molecule has 0 aliphatic carbocycles. The molecule has 2 atom stereocenters. The van der Waals surface area contributed by atoms with Gasteiger partial charge in [-0.15, -0.1) is 0 Å². The smallest absolute Gasteiger partial charge is 0.318 e. The first-order valence-corrected chi connectivity index (χ1v) is 9.38. The number of carbonyl (C=O) groups is 1. The number of carbonyl (C=O) groups excluding carboxylic acids is 1. The highest BCUT2D eigenvalue weighted by Crippen LogP contribution is 2.32. The van der Waals surface area contributed by atoms with Gasteiger partial charge in [-0.25, -0.2) is 4.79 Å². The third-order valence-corrected chi connectivity index (χ3v) is 5.07. The molecule has 2 fully saturated rings. The van der Waals surface area contributed by atoms with Gasteiger partial charge in [0.05, 0.1) is 13.2 Å². The van der Waals surface area contributed by atoms with Crippen LogP contribution in [-0.4, -0.2) is 54.0 Å². The summed E-state index contributed by atoms with van der Waals surface area (Å²) in [6, 6.07) is 7.20. The van der Waals surface area contributed by atoms with E-state index in [9.17, 15) is 4.79 Å². The Kier molecular flexibility index (Phi) is 5.24. The van der Waals surface area contributed by atoms with E-state index in [1.165, 1.54) is 0 Å². The minimum Gasteiger partial charge on any atom is -0.497 e. The third-order valence-electron chi connectivity index (χ3n) is 5.07. The second-order valence-electron chi connectivity index (χ2n) is 6.86. The van der Waals surface area contributed by atoms with Crippen molar-refractivity contribution in [2.75, 3.05) is 26.8 Å². The van der Waals surface area contributed by atoms with Crippen LogP contribution in [0.25, 0.3) is 11.4 Å². The van der Waals surface area contributed by atoms with E-state index in [-0.39, 0.29) is 18.2 Å². The van der Waals surface area contributed by atoms with Crippen LogP contribution in [0, 0.1) is 0 Å². The van der Waals surface area contributed by atoms with Gasteiger partial charge in [0.15, 0.2) is 0 Å². The Morgan fingerprint density at radius 3 is 3.11 bits per heavy atom. The number of urea groups is 1. The Hall–Kier alpha value is -2.61. The fourth-order valence-electron chi connectivity index (χ4n) is 3.62.